The first-order valence-electron chi connectivity index (χ1n) is 31.7. The molecule has 74 heavy (non-hydrogen) atoms. The van der Waals surface area contributed by atoms with Crippen molar-refractivity contribution < 1.29 is 42.9 Å². The summed E-state index contributed by atoms with van der Waals surface area (Å²) >= 11 is 0. The van der Waals surface area contributed by atoms with E-state index in [1.807, 2.05) is 21.1 Å². The van der Waals surface area contributed by atoms with Crippen LogP contribution in [-0.2, 0) is 33.3 Å². The molecular weight excluding hydrogens is 923 g/mol. The highest BCUT2D eigenvalue weighted by atomic mass is 16.7. The van der Waals surface area contributed by atoms with Crippen molar-refractivity contribution in [3.63, 3.8) is 0 Å². The number of unbranched alkanes of at least 4 members (excludes halogenated alkanes) is 38. The molecule has 0 spiro atoms. The van der Waals surface area contributed by atoms with Crippen LogP contribution in [0.2, 0.25) is 0 Å². The summed E-state index contributed by atoms with van der Waals surface area (Å²) in [5.74, 6) is -2.03. The zero-order valence-corrected chi connectivity index (χ0v) is 49.5. The van der Waals surface area contributed by atoms with Crippen molar-refractivity contribution in [2.45, 2.75) is 315 Å². The van der Waals surface area contributed by atoms with E-state index in [0.29, 0.717) is 23.9 Å². The lowest BCUT2D eigenvalue weighted by Gasteiger charge is -2.25. The van der Waals surface area contributed by atoms with Gasteiger partial charge in [0.2, 0.25) is 0 Å². The minimum Gasteiger partial charge on any atom is -0.477 e. The second-order valence-corrected chi connectivity index (χ2v) is 22.7. The van der Waals surface area contributed by atoms with Crippen LogP contribution in [0.4, 0.5) is 0 Å². The topological polar surface area (TPSA) is 108 Å². The summed E-state index contributed by atoms with van der Waals surface area (Å²) in [6.45, 7) is 4.76. The van der Waals surface area contributed by atoms with Crippen LogP contribution in [0.1, 0.15) is 303 Å². The molecule has 9 heteroatoms. The number of carboxylic acids is 1. The van der Waals surface area contributed by atoms with Gasteiger partial charge in [-0.05, 0) is 44.9 Å². The summed E-state index contributed by atoms with van der Waals surface area (Å²) in [4.78, 5) is 37.3. The molecule has 0 bridgehead atoms. The Labute approximate surface area is 458 Å². The Morgan fingerprint density at radius 3 is 1.15 bits per heavy atom. The number of carbonyl (C=O) groups excluding carboxylic acids is 2. The number of hydrogen-bond acceptors (Lipinski definition) is 7. The van der Waals surface area contributed by atoms with Crippen molar-refractivity contribution >= 4 is 17.9 Å². The van der Waals surface area contributed by atoms with Gasteiger partial charge in [-0.15, -0.1) is 0 Å². The molecule has 0 aromatic carbocycles. The van der Waals surface area contributed by atoms with Crippen molar-refractivity contribution in [1.82, 2.24) is 0 Å². The van der Waals surface area contributed by atoms with E-state index in [-0.39, 0.29) is 32.2 Å². The van der Waals surface area contributed by atoms with Gasteiger partial charge in [0, 0.05) is 12.8 Å². The van der Waals surface area contributed by atoms with Crippen molar-refractivity contribution in [1.29, 1.82) is 0 Å². The normalized spacial score (nSPS) is 12.9. The SMILES string of the molecule is CC/C=C\C/C=C\C/C=C\CCCCCC(=O)OC(COC(=O)CCCCCCCCCCCCCCCCCCCCCCCCCCCCCCCCCCCCCC)COC(OCC[N+](C)(C)C)C(=O)O. The van der Waals surface area contributed by atoms with Crippen LogP contribution in [-0.4, -0.2) is 87.4 Å². The van der Waals surface area contributed by atoms with Gasteiger partial charge < -0.3 is 28.5 Å². The van der Waals surface area contributed by atoms with Crippen molar-refractivity contribution in [2.24, 2.45) is 0 Å². The summed E-state index contributed by atoms with van der Waals surface area (Å²) in [5.41, 5.74) is 0. The van der Waals surface area contributed by atoms with Crippen molar-refractivity contribution in [2.75, 3.05) is 47.5 Å². The molecule has 0 amide bonds. The zero-order chi connectivity index (χ0) is 54.1. The highest BCUT2D eigenvalue weighted by molar-refractivity contribution is 5.71. The Morgan fingerprint density at radius 1 is 0.419 bits per heavy atom. The largest absolute Gasteiger partial charge is 0.477 e. The van der Waals surface area contributed by atoms with Crippen molar-refractivity contribution in [3.05, 3.63) is 36.5 Å². The molecule has 0 saturated heterocycles. The fraction of sp³-hybridized carbons (Fsp3) is 0.862. The third-order valence-corrected chi connectivity index (χ3v) is 14.2. The highest BCUT2D eigenvalue weighted by Crippen LogP contribution is 2.18. The van der Waals surface area contributed by atoms with E-state index >= 15 is 0 Å². The van der Waals surface area contributed by atoms with Crippen LogP contribution in [0, 0.1) is 0 Å². The Kier molecular flexibility index (Phi) is 54.8. The number of likely N-dealkylation sites (N-methyl/N-ethyl adjacent to an activating group) is 1. The number of ether oxygens (including phenoxy) is 4. The van der Waals surface area contributed by atoms with E-state index in [2.05, 4.69) is 50.3 Å². The molecule has 0 aromatic rings. The Morgan fingerprint density at radius 2 is 0.770 bits per heavy atom. The van der Waals surface area contributed by atoms with Gasteiger partial charge in [-0.25, -0.2) is 4.79 Å². The second-order valence-electron chi connectivity index (χ2n) is 22.7. The number of carboxylic acid groups (broad SMARTS) is 1. The van der Waals surface area contributed by atoms with E-state index in [0.717, 1.165) is 57.8 Å². The van der Waals surface area contributed by atoms with Gasteiger partial charge >= 0.3 is 17.9 Å². The Bertz CT molecular complexity index is 1310. The van der Waals surface area contributed by atoms with Crippen LogP contribution in [0.3, 0.4) is 0 Å². The molecule has 0 fully saturated rings. The fourth-order valence-electron chi connectivity index (χ4n) is 9.33. The summed E-state index contributed by atoms with van der Waals surface area (Å²) in [6, 6.07) is 0. The fourth-order valence-corrected chi connectivity index (χ4v) is 9.33. The van der Waals surface area contributed by atoms with Crippen LogP contribution >= 0.6 is 0 Å². The van der Waals surface area contributed by atoms with Crippen LogP contribution in [0.15, 0.2) is 36.5 Å². The van der Waals surface area contributed by atoms with Gasteiger partial charge in [-0.3, -0.25) is 9.59 Å². The Balaban J connectivity index is 3.93. The van der Waals surface area contributed by atoms with Gasteiger partial charge in [0.15, 0.2) is 6.10 Å². The number of esters is 2. The number of rotatable bonds is 59. The third-order valence-electron chi connectivity index (χ3n) is 14.2. The van der Waals surface area contributed by atoms with Crippen LogP contribution in [0.25, 0.3) is 0 Å². The van der Waals surface area contributed by atoms with Gasteiger partial charge in [-0.2, -0.15) is 0 Å². The molecular formula is C65H122NO8+. The van der Waals surface area contributed by atoms with Crippen LogP contribution in [0.5, 0.6) is 0 Å². The minimum absolute atomic E-state index is 0.183. The average Bonchev–Trinajstić information content (AvgIpc) is 3.37. The molecule has 0 aliphatic carbocycles. The molecule has 0 heterocycles. The maximum atomic E-state index is 12.8. The van der Waals surface area contributed by atoms with Gasteiger partial charge in [0.25, 0.3) is 6.29 Å². The number of nitrogens with zero attached hydrogens (tertiary/aromatic N) is 1. The van der Waals surface area contributed by atoms with Gasteiger partial charge in [0.05, 0.1) is 34.4 Å². The summed E-state index contributed by atoms with van der Waals surface area (Å²) in [5, 5.41) is 9.68. The summed E-state index contributed by atoms with van der Waals surface area (Å²) < 4.78 is 22.8. The highest BCUT2D eigenvalue weighted by Gasteiger charge is 2.25. The maximum Gasteiger partial charge on any atom is 0.361 e. The maximum absolute atomic E-state index is 12.8. The van der Waals surface area contributed by atoms with E-state index in [4.69, 9.17) is 18.9 Å². The lowest BCUT2D eigenvalue weighted by molar-refractivity contribution is -0.870. The summed E-state index contributed by atoms with van der Waals surface area (Å²) in [6.07, 6.45) is 67.2. The quantitative estimate of drug-likeness (QED) is 0.0211. The van der Waals surface area contributed by atoms with Gasteiger partial charge in [-0.1, -0.05) is 281 Å². The first-order chi connectivity index (χ1) is 36.1. The monoisotopic (exact) mass is 1040 g/mol. The molecule has 0 radical (unpaired) electrons. The molecule has 0 aliphatic rings. The lowest BCUT2D eigenvalue weighted by atomic mass is 10.0. The number of allylic oxidation sites excluding steroid dienone is 6. The van der Waals surface area contributed by atoms with Crippen molar-refractivity contribution in [3.8, 4) is 0 Å². The Hall–Kier alpha value is -2.49. The predicted octanol–water partition coefficient (Wildman–Crippen LogP) is 18.9. The predicted molar refractivity (Wildman–Crippen MR) is 314 cm³/mol. The van der Waals surface area contributed by atoms with E-state index in [1.54, 1.807) is 0 Å². The summed E-state index contributed by atoms with van der Waals surface area (Å²) in [7, 11) is 5.96. The number of hydrogen-bond donors (Lipinski definition) is 1. The third kappa shape index (κ3) is 57.2. The molecule has 1 N–H and O–H groups in total. The number of quaternary nitrogens is 1. The smallest absolute Gasteiger partial charge is 0.361 e. The first-order valence-corrected chi connectivity index (χ1v) is 31.7. The molecule has 0 saturated carbocycles. The van der Waals surface area contributed by atoms with E-state index in [9.17, 15) is 19.5 Å². The molecule has 0 rings (SSSR count). The molecule has 9 nitrogen and oxygen atoms in total. The van der Waals surface area contributed by atoms with E-state index in [1.165, 1.54) is 212 Å². The number of carbonyl (C=O) groups is 3. The molecule has 2 atom stereocenters. The van der Waals surface area contributed by atoms with Gasteiger partial charge in [0.1, 0.15) is 13.2 Å². The van der Waals surface area contributed by atoms with Crippen LogP contribution < -0.4 is 0 Å². The standard InChI is InChI=1S/C65H121NO8/c1-6-8-10-12-14-16-18-20-21-22-23-24-25-26-27-28-29-30-31-32-33-34-35-36-37-38-39-40-41-42-44-45-47-49-51-53-55-62(67)72-59-61(60-73-65(64(69)70)71-58-57-66(3,4)5)74-63(68)56-54-52-50-48-46-43-19-17-15-13-11-9-7-2/h9,11,15,17,43,46,61,65H,6-8,10,12-14,16,18-42,44-45,47-60H2,1-5H3/p+1/b11-9-,17-15-,46-43-. The molecule has 0 aromatic heterocycles. The van der Waals surface area contributed by atoms with E-state index < -0.39 is 24.3 Å². The number of aliphatic carboxylic acids is 1. The molecule has 434 valence electrons. The minimum atomic E-state index is -1.52. The lowest BCUT2D eigenvalue weighted by Crippen LogP contribution is -2.40. The average molecular weight is 1050 g/mol. The second kappa shape index (κ2) is 56.7. The first kappa shape index (κ1) is 71.5. The molecule has 2 unspecified atom stereocenters. The zero-order valence-electron chi connectivity index (χ0n) is 49.5. The molecule has 0 aliphatic heterocycles.